The summed E-state index contributed by atoms with van der Waals surface area (Å²) in [7, 11) is 5.00. The molecule has 1 heterocycles. The molecule has 3 aromatic carbocycles. The summed E-state index contributed by atoms with van der Waals surface area (Å²) in [4.78, 5) is 24.0. The highest BCUT2D eigenvalue weighted by molar-refractivity contribution is 7.81. The summed E-state index contributed by atoms with van der Waals surface area (Å²) < 4.78 is 37.2. The molecule has 0 spiro atoms. The number of fused-ring (bicyclic) bond motifs is 1. The fraction of sp³-hybridized carbons (Fsp3) is 0.250. The quantitative estimate of drug-likeness (QED) is 0.256. The fourth-order valence-electron chi connectivity index (χ4n) is 4.29. The Kier molecular flexibility index (Phi) is 8.10. The number of nitrogens with zero attached hydrogens (tertiary/aromatic N) is 4. The third-order valence-corrected chi connectivity index (χ3v) is 7.12. The maximum Gasteiger partial charge on any atom is 0.238 e. The molecule has 0 bridgehead atoms. The second kappa shape index (κ2) is 11.9. The molecule has 1 saturated carbocycles. The van der Waals surface area contributed by atoms with Crippen molar-refractivity contribution in [3.8, 4) is 11.5 Å². The second-order valence-corrected chi connectivity index (χ2v) is 10.2. The molecule has 2 N–H and O–H groups in total. The zero-order valence-corrected chi connectivity index (χ0v) is 23.1. The van der Waals surface area contributed by atoms with Crippen LogP contribution in [0, 0.1) is 0 Å². The topological polar surface area (TPSA) is 132 Å². The van der Waals surface area contributed by atoms with E-state index in [1.54, 1.807) is 60.7 Å². The van der Waals surface area contributed by atoms with E-state index >= 15 is 0 Å². The number of likely N-dealkylation sites (N-methyl/N-ethyl adjacent to an activating group) is 1. The smallest absolute Gasteiger partial charge is 0.238 e. The van der Waals surface area contributed by atoms with Crippen LogP contribution in [0.15, 0.2) is 66.7 Å². The van der Waals surface area contributed by atoms with Crippen molar-refractivity contribution in [2.75, 3.05) is 42.8 Å². The Bertz CT molecular complexity index is 1540. The number of rotatable bonds is 11. The maximum atomic E-state index is 12.7. The van der Waals surface area contributed by atoms with Crippen LogP contribution in [0.5, 0.6) is 11.5 Å². The van der Waals surface area contributed by atoms with Crippen molar-refractivity contribution in [3.63, 3.8) is 0 Å². The van der Waals surface area contributed by atoms with Gasteiger partial charge in [-0.25, -0.2) is 9.97 Å². The number of amides is 1. The first-order valence-electron chi connectivity index (χ1n) is 12.6. The zero-order chi connectivity index (χ0) is 28.2. The number of carbonyl (C=O) groups is 1. The Morgan fingerprint density at radius 1 is 0.975 bits per heavy atom. The zero-order valence-electron chi connectivity index (χ0n) is 22.3. The van der Waals surface area contributed by atoms with Crippen molar-refractivity contribution >= 4 is 56.9 Å². The summed E-state index contributed by atoms with van der Waals surface area (Å²) in [5, 5.41) is 6.04. The molecule has 1 atom stereocenters. The first-order valence-corrected chi connectivity index (χ1v) is 13.6. The molecule has 1 amide bonds. The first kappa shape index (κ1) is 27.3. The van der Waals surface area contributed by atoms with E-state index < -0.39 is 11.3 Å². The third-order valence-electron chi connectivity index (χ3n) is 6.44. The number of benzene rings is 3. The van der Waals surface area contributed by atoms with Crippen LogP contribution in [-0.2, 0) is 16.1 Å². The number of methoxy groups -OCH3 is 2. The third kappa shape index (κ3) is 6.30. The molecule has 0 saturated heterocycles. The Morgan fingerprint density at radius 2 is 1.65 bits per heavy atom. The van der Waals surface area contributed by atoms with Gasteiger partial charge in [-0.2, -0.15) is 0 Å². The predicted octanol–water partition coefficient (Wildman–Crippen LogP) is 4.36. The number of ether oxygens (including phenoxy) is 2. The molecule has 5 rings (SSSR count). The molecule has 11 nitrogen and oxygen atoms in total. The summed E-state index contributed by atoms with van der Waals surface area (Å²) in [6.07, 6.45) is 2.19. The average Bonchev–Trinajstić information content (AvgIpc) is 3.79. The van der Waals surface area contributed by atoms with Gasteiger partial charge in [0.25, 0.3) is 0 Å². The molecule has 1 unspecified atom stereocenters. The largest absolute Gasteiger partial charge is 0.755 e. The van der Waals surface area contributed by atoms with Crippen molar-refractivity contribution < 1.29 is 23.0 Å². The Labute approximate surface area is 234 Å². The number of carbonyl (C=O) groups excluding carboxylic acids is 1. The van der Waals surface area contributed by atoms with Crippen molar-refractivity contribution in [1.82, 2.24) is 14.9 Å². The number of anilines is 5. The molecule has 1 aromatic heterocycles. The van der Waals surface area contributed by atoms with Crippen LogP contribution < -0.4 is 24.4 Å². The number of hydrogen-bond donors (Lipinski definition) is 2. The number of aromatic nitrogens is 2. The van der Waals surface area contributed by atoms with Crippen LogP contribution in [0.4, 0.5) is 28.7 Å². The van der Waals surface area contributed by atoms with Crippen LogP contribution in [0.2, 0.25) is 0 Å². The Hall–Kier alpha value is -4.26. The van der Waals surface area contributed by atoms with Crippen molar-refractivity contribution in [2.24, 2.45) is 0 Å². The van der Waals surface area contributed by atoms with Gasteiger partial charge >= 0.3 is 0 Å². The van der Waals surface area contributed by atoms with Gasteiger partial charge in [-0.15, -0.1) is 0 Å². The number of hydrogen-bond acceptors (Lipinski definition) is 9. The minimum Gasteiger partial charge on any atom is -0.755 e. The lowest BCUT2D eigenvalue weighted by atomic mass is 10.2. The van der Waals surface area contributed by atoms with E-state index in [1.165, 1.54) is 14.2 Å². The first-order chi connectivity index (χ1) is 19.3. The number of nitrogens with one attached hydrogen (secondary N) is 2. The van der Waals surface area contributed by atoms with Crippen LogP contribution >= 0.6 is 0 Å². The molecule has 4 aromatic rings. The second-order valence-electron chi connectivity index (χ2n) is 9.37. The van der Waals surface area contributed by atoms with Gasteiger partial charge in [0.2, 0.25) is 5.91 Å². The monoisotopic (exact) mass is 561 g/mol. The molecule has 208 valence electrons. The summed E-state index contributed by atoms with van der Waals surface area (Å²) in [6, 6.07) is 19.4. The molecule has 0 aliphatic heterocycles. The van der Waals surface area contributed by atoms with E-state index in [0.29, 0.717) is 39.9 Å². The van der Waals surface area contributed by atoms with E-state index in [-0.39, 0.29) is 29.8 Å². The number of para-hydroxylation sites is 2. The lowest BCUT2D eigenvalue weighted by molar-refractivity contribution is -0.117. The van der Waals surface area contributed by atoms with Crippen LogP contribution in [-0.4, -0.2) is 63.4 Å². The SMILES string of the molecule is COc1cc(Nc2nc3ccccc3nc2N(c2cccc(NC(=O)CN(C)C3CC3)c2)S(=O)[O-])cc(OC)c1. The van der Waals surface area contributed by atoms with E-state index in [1.807, 2.05) is 18.0 Å². The predicted molar refractivity (Wildman–Crippen MR) is 154 cm³/mol. The molecule has 12 heteroatoms. The Balaban J connectivity index is 1.53. The summed E-state index contributed by atoms with van der Waals surface area (Å²) in [5.41, 5.74) is 2.37. The summed E-state index contributed by atoms with van der Waals surface area (Å²) >= 11 is -2.79. The summed E-state index contributed by atoms with van der Waals surface area (Å²) in [5.74, 6) is 1.14. The average molecular weight is 562 g/mol. The highest BCUT2D eigenvalue weighted by atomic mass is 32.2. The van der Waals surface area contributed by atoms with Gasteiger partial charge in [-0.3, -0.25) is 18.2 Å². The van der Waals surface area contributed by atoms with Crippen LogP contribution in [0.3, 0.4) is 0 Å². The van der Waals surface area contributed by atoms with Crippen molar-refractivity contribution in [2.45, 2.75) is 18.9 Å². The van der Waals surface area contributed by atoms with Gasteiger partial charge in [0.15, 0.2) is 11.6 Å². The van der Waals surface area contributed by atoms with Crippen molar-refractivity contribution in [1.29, 1.82) is 0 Å². The molecular weight excluding hydrogens is 532 g/mol. The van der Waals surface area contributed by atoms with E-state index in [4.69, 9.17) is 14.5 Å². The van der Waals surface area contributed by atoms with E-state index in [9.17, 15) is 13.6 Å². The van der Waals surface area contributed by atoms with Gasteiger partial charge in [-0.1, -0.05) is 18.2 Å². The minimum absolute atomic E-state index is 0.0470. The highest BCUT2D eigenvalue weighted by Gasteiger charge is 2.27. The molecule has 0 radical (unpaired) electrons. The minimum atomic E-state index is -2.79. The highest BCUT2D eigenvalue weighted by Crippen LogP contribution is 2.36. The maximum absolute atomic E-state index is 12.7. The van der Waals surface area contributed by atoms with Gasteiger partial charge in [0.05, 0.1) is 48.8 Å². The van der Waals surface area contributed by atoms with Crippen molar-refractivity contribution in [3.05, 3.63) is 66.7 Å². The molecule has 1 aliphatic carbocycles. The standard InChI is InChI=1S/C28H30N6O5S/c1-33(20-11-12-20)17-26(35)29-18-7-6-8-21(13-18)34(40(36)37)28-27(31-24-9-4-5-10-25(24)32-28)30-19-14-22(38-2)16-23(15-19)39-3/h4-10,13-16,20H,11-12,17H2,1-3H3,(H,29,35)(H,30,31)(H,36,37)/p-1. The Morgan fingerprint density at radius 3 is 2.27 bits per heavy atom. The molecule has 1 aliphatic rings. The normalized spacial score (nSPS) is 13.6. The molecule has 40 heavy (non-hydrogen) atoms. The van der Waals surface area contributed by atoms with E-state index in [2.05, 4.69) is 15.6 Å². The van der Waals surface area contributed by atoms with E-state index in [0.717, 1.165) is 17.1 Å². The van der Waals surface area contributed by atoms with Gasteiger partial charge < -0.3 is 24.7 Å². The fourth-order valence-corrected chi connectivity index (χ4v) is 4.85. The van der Waals surface area contributed by atoms with Gasteiger partial charge in [0.1, 0.15) is 11.5 Å². The van der Waals surface area contributed by atoms with Crippen LogP contribution in [0.25, 0.3) is 11.0 Å². The van der Waals surface area contributed by atoms with Crippen LogP contribution in [0.1, 0.15) is 12.8 Å². The summed E-state index contributed by atoms with van der Waals surface area (Å²) in [6.45, 7) is 0.250. The lowest BCUT2D eigenvalue weighted by Gasteiger charge is -2.27. The van der Waals surface area contributed by atoms with Gasteiger partial charge in [0, 0.05) is 35.6 Å². The lowest BCUT2D eigenvalue weighted by Crippen LogP contribution is -2.31. The molecule has 1 fully saturated rings. The molecular formula is C28H29N6O5S-. The van der Waals surface area contributed by atoms with Gasteiger partial charge in [-0.05, 0) is 50.2 Å².